The maximum Gasteiger partial charge on any atom is 0.258 e. The Balaban J connectivity index is 1.47. The first-order valence-electron chi connectivity index (χ1n) is 14.3. The van der Waals surface area contributed by atoms with E-state index in [-0.39, 0.29) is 36.1 Å². The van der Waals surface area contributed by atoms with Gasteiger partial charge in [-0.2, -0.15) is 0 Å². The Morgan fingerprint density at radius 3 is 2.30 bits per heavy atom. The van der Waals surface area contributed by atoms with Crippen LogP contribution < -0.4 is 4.90 Å². The van der Waals surface area contributed by atoms with Gasteiger partial charge in [0.05, 0.1) is 17.5 Å². The molecule has 43 heavy (non-hydrogen) atoms. The number of halogens is 3. The number of phenols is 1. The number of hydrogen-bond donors (Lipinski definition) is 1. The van der Waals surface area contributed by atoms with Gasteiger partial charge in [-0.1, -0.05) is 48.9 Å². The summed E-state index contributed by atoms with van der Waals surface area (Å²) in [6.07, 6.45) is 2.63. The molecule has 6 atom stereocenters. The minimum atomic E-state index is -2.04. The number of rotatable bonds is 4. The zero-order chi connectivity index (χ0) is 30.4. The van der Waals surface area contributed by atoms with E-state index in [0.29, 0.717) is 34.9 Å². The topological polar surface area (TPSA) is 95.0 Å². The predicted molar refractivity (Wildman–Crippen MR) is 159 cm³/mol. The van der Waals surface area contributed by atoms with E-state index in [1.807, 2.05) is 13.0 Å². The van der Waals surface area contributed by atoms with E-state index >= 15 is 0 Å². The highest BCUT2D eigenvalue weighted by molar-refractivity contribution is 6.58. The molecule has 1 N–H and O–H groups in total. The number of carbonyl (C=O) groups is 4. The molecular weight excluding hydrogens is 594 g/mol. The van der Waals surface area contributed by atoms with Gasteiger partial charge in [-0.15, -0.1) is 23.2 Å². The summed E-state index contributed by atoms with van der Waals surface area (Å²) in [7, 11) is 0. The number of amides is 4. The third kappa shape index (κ3) is 3.59. The van der Waals surface area contributed by atoms with Crippen molar-refractivity contribution in [3.05, 3.63) is 83.7 Å². The summed E-state index contributed by atoms with van der Waals surface area (Å²) < 4.78 is 13.8. The summed E-state index contributed by atoms with van der Waals surface area (Å²) >= 11 is 14.8. The number of aromatic hydroxyl groups is 1. The number of nitrogens with zero attached hydrogens (tertiary/aromatic N) is 2. The number of alkyl halides is 2. The van der Waals surface area contributed by atoms with Gasteiger partial charge < -0.3 is 5.11 Å². The second-order valence-corrected chi connectivity index (χ2v) is 13.0. The van der Waals surface area contributed by atoms with Crippen molar-refractivity contribution in [2.45, 2.75) is 41.9 Å². The molecule has 0 spiro atoms. The summed E-state index contributed by atoms with van der Waals surface area (Å²) in [5.74, 6) is -5.59. The van der Waals surface area contributed by atoms with Gasteiger partial charge in [0.2, 0.25) is 11.8 Å². The van der Waals surface area contributed by atoms with Crippen LogP contribution in [0.25, 0.3) is 10.8 Å². The minimum Gasteiger partial charge on any atom is -0.507 e. The molecule has 10 heteroatoms. The number of allylic oxidation sites excluding steroid dienone is 2. The van der Waals surface area contributed by atoms with Crippen LogP contribution in [0.5, 0.6) is 5.75 Å². The molecule has 4 aliphatic rings. The highest BCUT2D eigenvalue weighted by Gasteiger charge is 2.76. The quantitative estimate of drug-likeness (QED) is 0.231. The second kappa shape index (κ2) is 9.63. The average Bonchev–Trinajstić information content (AvgIpc) is 3.32. The predicted octanol–water partition coefficient (Wildman–Crippen LogP) is 5.66. The molecule has 3 aromatic rings. The number of carbonyl (C=O) groups excluding carboxylic acids is 4. The minimum absolute atomic E-state index is 0.0266. The van der Waals surface area contributed by atoms with Gasteiger partial charge in [0, 0.05) is 17.8 Å². The van der Waals surface area contributed by atoms with Crippen LogP contribution in [0.1, 0.15) is 37.7 Å². The first-order valence-corrected chi connectivity index (χ1v) is 15.1. The number of phenolic OH excluding ortho intramolecular Hbond substituents is 1. The smallest absolute Gasteiger partial charge is 0.258 e. The molecule has 7 nitrogen and oxygen atoms in total. The highest BCUT2D eigenvalue weighted by atomic mass is 35.5. The van der Waals surface area contributed by atoms with Gasteiger partial charge in [0.15, 0.2) is 9.75 Å². The number of likely N-dealkylation sites (tertiary alicyclic amines) is 1. The Kier molecular flexibility index (Phi) is 6.28. The van der Waals surface area contributed by atoms with Crippen LogP contribution in [-0.4, -0.2) is 49.9 Å². The van der Waals surface area contributed by atoms with Crippen molar-refractivity contribution in [2.24, 2.45) is 17.8 Å². The van der Waals surface area contributed by atoms with E-state index in [4.69, 9.17) is 23.2 Å². The van der Waals surface area contributed by atoms with Crippen molar-refractivity contribution in [1.82, 2.24) is 4.90 Å². The molecule has 220 valence electrons. The van der Waals surface area contributed by atoms with Crippen LogP contribution in [-0.2, 0) is 19.2 Å². The number of anilines is 1. The number of benzene rings is 3. The lowest BCUT2D eigenvalue weighted by atomic mass is 9.56. The van der Waals surface area contributed by atoms with E-state index in [0.717, 1.165) is 17.0 Å². The number of fused-ring (bicyclic) bond motifs is 5. The molecule has 3 aromatic carbocycles. The van der Waals surface area contributed by atoms with Crippen molar-refractivity contribution in [3.63, 3.8) is 0 Å². The maximum absolute atomic E-state index is 14.5. The zero-order valence-electron chi connectivity index (χ0n) is 23.1. The fourth-order valence-corrected chi connectivity index (χ4v) is 8.74. The fourth-order valence-electron chi connectivity index (χ4n) is 7.81. The first kappa shape index (κ1) is 28.0. The summed E-state index contributed by atoms with van der Waals surface area (Å²) in [6, 6.07) is 15.2. The van der Waals surface area contributed by atoms with Gasteiger partial charge in [0.25, 0.3) is 11.8 Å². The first-order chi connectivity index (χ1) is 20.5. The van der Waals surface area contributed by atoms with Crippen LogP contribution in [0.3, 0.4) is 0 Å². The zero-order valence-corrected chi connectivity index (χ0v) is 24.6. The molecule has 0 bridgehead atoms. The second-order valence-electron chi connectivity index (χ2n) is 11.8. The summed E-state index contributed by atoms with van der Waals surface area (Å²) in [4.78, 5) is 54.1. The lowest BCUT2D eigenvalue weighted by molar-refractivity contribution is -0.140. The molecule has 0 radical (unpaired) electrons. The van der Waals surface area contributed by atoms with E-state index in [1.54, 1.807) is 30.3 Å². The van der Waals surface area contributed by atoms with E-state index in [9.17, 15) is 28.7 Å². The summed E-state index contributed by atoms with van der Waals surface area (Å²) in [5, 5.41) is 11.8. The van der Waals surface area contributed by atoms with E-state index < -0.39 is 51.1 Å². The number of imide groups is 2. The van der Waals surface area contributed by atoms with Gasteiger partial charge in [-0.3, -0.25) is 24.1 Å². The van der Waals surface area contributed by atoms with E-state index in [1.165, 1.54) is 23.1 Å². The molecule has 0 unspecified atom stereocenters. The lowest BCUT2D eigenvalue weighted by Gasteiger charge is -2.51. The standard InChI is InChI=1S/C33H27Cl2FN2O5/c1-2-15-37-28(40)23-12-11-22-24(26(23)29(37)41)16-32(34)30(42)38(18-9-7-17(36)8-10-18)31(43)33(32,35)27(22)21-13-14-25(39)20-6-4-3-5-19(20)21/h3-11,13-14,23-24,26-27,39H,2,12,15-16H2,1H3/t23-,24+,26-,27-,32+,33-/m0/s1. The Hall–Kier alpha value is -3.75. The third-order valence-electron chi connectivity index (χ3n) is 9.68. The fraction of sp³-hybridized carbons (Fsp3) is 0.333. The molecule has 1 saturated carbocycles. The maximum atomic E-state index is 14.5. The average molecular weight is 621 g/mol. The van der Waals surface area contributed by atoms with Crippen LogP contribution >= 0.6 is 23.2 Å². The van der Waals surface area contributed by atoms with Gasteiger partial charge in [-0.25, -0.2) is 9.29 Å². The molecule has 3 fully saturated rings. The molecule has 2 saturated heterocycles. The van der Waals surface area contributed by atoms with Crippen LogP contribution in [0.2, 0.25) is 0 Å². The van der Waals surface area contributed by atoms with Crippen molar-refractivity contribution in [3.8, 4) is 5.75 Å². The van der Waals surface area contributed by atoms with Crippen molar-refractivity contribution in [1.29, 1.82) is 0 Å². The Morgan fingerprint density at radius 2 is 1.60 bits per heavy atom. The van der Waals surface area contributed by atoms with E-state index in [2.05, 4.69) is 0 Å². The normalized spacial score (nSPS) is 31.8. The summed E-state index contributed by atoms with van der Waals surface area (Å²) in [5.41, 5.74) is 1.35. The van der Waals surface area contributed by atoms with Crippen molar-refractivity contribution < 1.29 is 28.7 Å². The van der Waals surface area contributed by atoms with Crippen LogP contribution in [0.4, 0.5) is 10.1 Å². The molecule has 0 aromatic heterocycles. The Labute approximate surface area is 256 Å². The van der Waals surface area contributed by atoms with Crippen molar-refractivity contribution in [2.75, 3.05) is 11.4 Å². The SMILES string of the molecule is CCCN1C(=O)[C@H]2[C@H](CC=C3[C@H]2C[C@@]2(Cl)C(=O)N(c4ccc(F)cc4)C(=O)[C@@]2(Cl)[C@H]3c2ccc(O)c3ccccc23)C1=O. The van der Waals surface area contributed by atoms with Crippen LogP contribution in [0, 0.1) is 23.6 Å². The third-order valence-corrected chi connectivity index (χ3v) is 11.1. The molecule has 2 aliphatic carbocycles. The molecular formula is C33H27Cl2FN2O5. The van der Waals surface area contributed by atoms with Gasteiger partial charge in [0.1, 0.15) is 11.6 Å². The number of hydrogen-bond acceptors (Lipinski definition) is 5. The molecule has 4 amide bonds. The van der Waals surface area contributed by atoms with Gasteiger partial charge >= 0.3 is 0 Å². The molecule has 2 aliphatic heterocycles. The molecule has 7 rings (SSSR count). The van der Waals surface area contributed by atoms with Gasteiger partial charge in [-0.05, 0) is 66.5 Å². The van der Waals surface area contributed by atoms with Crippen LogP contribution in [0.15, 0.2) is 72.3 Å². The molecule has 2 heterocycles. The largest absolute Gasteiger partial charge is 0.507 e. The highest BCUT2D eigenvalue weighted by Crippen LogP contribution is 2.66. The summed E-state index contributed by atoms with van der Waals surface area (Å²) in [6.45, 7) is 2.18. The Bertz CT molecular complexity index is 1780. The van der Waals surface area contributed by atoms with Crippen molar-refractivity contribution >= 4 is 63.3 Å². The lowest BCUT2D eigenvalue weighted by Crippen LogP contribution is -2.60. The monoisotopic (exact) mass is 620 g/mol. The Morgan fingerprint density at radius 1 is 0.907 bits per heavy atom.